The molecule has 1 N–H and O–H groups in total. The zero-order valence-corrected chi connectivity index (χ0v) is 15.4. The van der Waals surface area contributed by atoms with Gasteiger partial charge in [0.1, 0.15) is 22.9 Å². The predicted octanol–water partition coefficient (Wildman–Crippen LogP) is 4.32. The summed E-state index contributed by atoms with van der Waals surface area (Å²) in [5.74, 6) is 2.36. The molecule has 0 radical (unpaired) electrons. The minimum Gasteiger partial charge on any atom is -0.496 e. The first-order valence-corrected chi connectivity index (χ1v) is 8.52. The number of rotatable bonds is 8. The van der Waals surface area contributed by atoms with Gasteiger partial charge in [0.15, 0.2) is 0 Å². The van der Waals surface area contributed by atoms with Crippen molar-refractivity contribution in [3.63, 3.8) is 0 Å². The van der Waals surface area contributed by atoms with Gasteiger partial charge in [-0.15, -0.1) is 0 Å². The molecule has 0 fully saturated rings. The number of methoxy groups -OCH3 is 1. The van der Waals surface area contributed by atoms with Crippen LogP contribution in [0.4, 0.5) is 0 Å². The van der Waals surface area contributed by atoms with E-state index in [1.807, 2.05) is 30.3 Å². The number of benzene rings is 1. The van der Waals surface area contributed by atoms with E-state index in [4.69, 9.17) is 9.15 Å². The van der Waals surface area contributed by atoms with Gasteiger partial charge in [0.05, 0.1) is 13.7 Å². The van der Waals surface area contributed by atoms with E-state index in [0.717, 1.165) is 30.0 Å². The van der Waals surface area contributed by atoms with Gasteiger partial charge in [-0.05, 0) is 45.4 Å². The average molecular weight is 331 g/mol. The fraction of sp³-hybridized carbons (Fsp3) is 0.500. The van der Waals surface area contributed by atoms with Gasteiger partial charge < -0.3 is 14.3 Å². The van der Waals surface area contributed by atoms with Crippen molar-refractivity contribution >= 4 is 0 Å². The highest BCUT2D eigenvalue weighted by Crippen LogP contribution is 2.25. The van der Waals surface area contributed by atoms with Crippen LogP contribution in [0.2, 0.25) is 0 Å². The second-order valence-electron chi connectivity index (χ2n) is 6.80. The smallest absolute Gasteiger partial charge is 0.135 e. The van der Waals surface area contributed by atoms with Crippen LogP contribution in [-0.2, 0) is 18.7 Å². The van der Waals surface area contributed by atoms with Crippen LogP contribution < -0.4 is 4.74 Å². The Kier molecular flexibility index (Phi) is 6.08. The molecule has 0 amide bonds. The van der Waals surface area contributed by atoms with Crippen LogP contribution in [-0.4, -0.2) is 23.2 Å². The number of para-hydroxylation sites is 1. The second-order valence-corrected chi connectivity index (χ2v) is 6.80. The Balaban J connectivity index is 2.18. The van der Waals surface area contributed by atoms with Crippen molar-refractivity contribution in [2.24, 2.45) is 0 Å². The molecule has 0 aliphatic rings. The summed E-state index contributed by atoms with van der Waals surface area (Å²) < 4.78 is 11.3. The molecule has 1 aromatic carbocycles. The Morgan fingerprint density at radius 1 is 1.17 bits per heavy atom. The summed E-state index contributed by atoms with van der Waals surface area (Å²) in [6, 6.07) is 12.3. The molecule has 1 atom stereocenters. The molecule has 2 aromatic rings. The summed E-state index contributed by atoms with van der Waals surface area (Å²) in [6.07, 6.45) is 1.05. The fourth-order valence-corrected chi connectivity index (χ4v) is 2.67. The van der Waals surface area contributed by atoms with Crippen LogP contribution >= 0.6 is 0 Å². The van der Waals surface area contributed by atoms with E-state index in [9.17, 15) is 5.11 Å². The molecule has 0 aliphatic heterocycles. The molecule has 24 heavy (non-hydrogen) atoms. The van der Waals surface area contributed by atoms with Crippen molar-refractivity contribution < 1.29 is 14.3 Å². The van der Waals surface area contributed by atoms with E-state index in [1.165, 1.54) is 0 Å². The van der Waals surface area contributed by atoms with Gasteiger partial charge in [-0.3, -0.25) is 4.90 Å². The van der Waals surface area contributed by atoms with Crippen molar-refractivity contribution in [1.29, 1.82) is 0 Å². The highest BCUT2D eigenvalue weighted by molar-refractivity contribution is 5.33. The van der Waals surface area contributed by atoms with Gasteiger partial charge in [-0.2, -0.15) is 0 Å². The maximum atomic E-state index is 10.1. The Labute approximate surface area is 145 Å². The SMILES string of the molecule is CCC(C)N(Cc1ccc(C(C)(C)O)o1)Cc1ccccc1OC. The Bertz CT molecular complexity index is 642. The lowest BCUT2D eigenvalue weighted by molar-refractivity contribution is 0.0509. The Hall–Kier alpha value is -1.78. The first-order valence-electron chi connectivity index (χ1n) is 8.52. The van der Waals surface area contributed by atoms with Gasteiger partial charge in [0.25, 0.3) is 0 Å². The highest BCUT2D eigenvalue weighted by Gasteiger charge is 2.22. The highest BCUT2D eigenvalue weighted by atomic mass is 16.5. The minimum absolute atomic E-state index is 0.408. The van der Waals surface area contributed by atoms with E-state index < -0.39 is 5.60 Å². The molecule has 0 spiro atoms. The summed E-state index contributed by atoms with van der Waals surface area (Å²) in [6.45, 7) is 9.36. The van der Waals surface area contributed by atoms with E-state index in [1.54, 1.807) is 21.0 Å². The van der Waals surface area contributed by atoms with Crippen molar-refractivity contribution in [2.45, 2.75) is 58.8 Å². The molecule has 1 heterocycles. The topological polar surface area (TPSA) is 45.8 Å². The van der Waals surface area contributed by atoms with Gasteiger partial charge >= 0.3 is 0 Å². The molecule has 0 saturated carbocycles. The summed E-state index contributed by atoms with van der Waals surface area (Å²) >= 11 is 0. The number of nitrogens with zero attached hydrogens (tertiary/aromatic N) is 1. The van der Waals surface area contributed by atoms with Gasteiger partial charge in [-0.25, -0.2) is 0 Å². The number of hydrogen-bond donors (Lipinski definition) is 1. The molecular weight excluding hydrogens is 302 g/mol. The van der Waals surface area contributed by atoms with Crippen LogP contribution in [0, 0.1) is 0 Å². The lowest BCUT2D eigenvalue weighted by atomic mass is 10.1. The van der Waals surface area contributed by atoms with Crippen molar-refractivity contribution in [2.75, 3.05) is 7.11 Å². The normalized spacial score (nSPS) is 13.3. The maximum Gasteiger partial charge on any atom is 0.135 e. The van der Waals surface area contributed by atoms with E-state index in [0.29, 0.717) is 18.3 Å². The van der Waals surface area contributed by atoms with Crippen LogP contribution in [0.15, 0.2) is 40.8 Å². The number of ether oxygens (including phenoxy) is 1. The van der Waals surface area contributed by atoms with Crippen molar-refractivity contribution in [3.05, 3.63) is 53.5 Å². The molecule has 2 rings (SSSR count). The summed E-state index contributed by atoms with van der Waals surface area (Å²) in [4.78, 5) is 2.37. The molecule has 1 unspecified atom stereocenters. The van der Waals surface area contributed by atoms with Gasteiger partial charge in [-0.1, -0.05) is 25.1 Å². The van der Waals surface area contributed by atoms with Crippen LogP contribution in [0.3, 0.4) is 0 Å². The fourth-order valence-electron chi connectivity index (χ4n) is 2.67. The van der Waals surface area contributed by atoms with Crippen LogP contribution in [0.5, 0.6) is 5.75 Å². The quantitative estimate of drug-likeness (QED) is 0.782. The number of aliphatic hydroxyl groups is 1. The molecule has 1 aromatic heterocycles. The van der Waals surface area contributed by atoms with Crippen LogP contribution in [0.25, 0.3) is 0 Å². The van der Waals surface area contributed by atoms with Crippen LogP contribution in [0.1, 0.15) is 51.2 Å². The third kappa shape index (κ3) is 4.62. The lowest BCUT2D eigenvalue weighted by Crippen LogP contribution is -2.31. The largest absolute Gasteiger partial charge is 0.496 e. The molecule has 132 valence electrons. The first kappa shape index (κ1) is 18.6. The second kappa shape index (κ2) is 7.86. The number of hydrogen-bond acceptors (Lipinski definition) is 4. The van der Waals surface area contributed by atoms with Crippen molar-refractivity contribution in [1.82, 2.24) is 4.90 Å². The molecule has 4 nitrogen and oxygen atoms in total. The summed E-state index contributed by atoms with van der Waals surface area (Å²) in [7, 11) is 1.70. The monoisotopic (exact) mass is 331 g/mol. The van der Waals surface area contributed by atoms with E-state index in [2.05, 4.69) is 24.8 Å². The molecule has 0 bridgehead atoms. The first-order chi connectivity index (χ1) is 11.3. The van der Waals surface area contributed by atoms with Gasteiger partial charge in [0.2, 0.25) is 0 Å². The molecule has 0 saturated heterocycles. The maximum absolute atomic E-state index is 10.1. The Morgan fingerprint density at radius 3 is 2.46 bits per heavy atom. The van der Waals surface area contributed by atoms with E-state index in [-0.39, 0.29) is 0 Å². The number of furan rings is 1. The standard InChI is InChI=1S/C20H29NO3/c1-6-15(2)21(13-16-9-7-8-10-18(16)23-5)14-17-11-12-19(24-17)20(3,4)22/h7-12,15,22H,6,13-14H2,1-5H3. The molecule has 0 aliphatic carbocycles. The Morgan fingerprint density at radius 2 is 1.88 bits per heavy atom. The zero-order chi connectivity index (χ0) is 17.7. The third-order valence-electron chi connectivity index (χ3n) is 4.40. The zero-order valence-electron chi connectivity index (χ0n) is 15.4. The average Bonchev–Trinajstić information content (AvgIpc) is 3.03. The predicted molar refractivity (Wildman–Crippen MR) is 95.9 cm³/mol. The van der Waals surface area contributed by atoms with E-state index >= 15 is 0 Å². The lowest BCUT2D eigenvalue weighted by Gasteiger charge is -2.28. The summed E-state index contributed by atoms with van der Waals surface area (Å²) in [5.41, 5.74) is 0.205. The summed E-state index contributed by atoms with van der Waals surface area (Å²) in [5, 5.41) is 10.1. The van der Waals surface area contributed by atoms with Gasteiger partial charge in [0, 0.05) is 18.2 Å². The van der Waals surface area contributed by atoms with Crippen molar-refractivity contribution in [3.8, 4) is 5.75 Å². The molecule has 4 heteroatoms. The molecular formula is C20H29NO3. The third-order valence-corrected chi connectivity index (χ3v) is 4.40. The minimum atomic E-state index is -0.956.